The molecule has 0 spiro atoms. The van der Waals surface area contributed by atoms with Crippen LogP contribution >= 0.6 is 0 Å². The van der Waals surface area contributed by atoms with E-state index in [0.29, 0.717) is 11.8 Å². The van der Waals surface area contributed by atoms with Crippen LogP contribution in [0.3, 0.4) is 0 Å². The molecule has 0 aliphatic rings. The zero-order chi connectivity index (χ0) is 9.14. The van der Waals surface area contributed by atoms with E-state index in [1.54, 1.807) is 0 Å². The normalized spacial score (nSPS) is 7.88. The Hall–Kier alpha value is 1.07. The van der Waals surface area contributed by atoms with Gasteiger partial charge in [0.05, 0.1) is 0 Å². The zero-order valence-electron chi connectivity index (χ0n) is 10.3. The van der Waals surface area contributed by atoms with Crippen LogP contribution in [0.2, 0.25) is 0 Å². The molecule has 0 heterocycles. The molecule has 0 unspecified atom stereocenters. The molecule has 0 bridgehead atoms. The Kier molecular flexibility index (Phi) is 27.4. The Balaban J connectivity index is -0.0000000960. The zero-order valence-corrected chi connectivity index (χ0v) is 16.3. The van der Waals surface area contributed by atoms with Crippen LogP contribution in [0.4, 0.5) is 0 Å². The fourth-order valence-electron chi connectivity index (χ4n) is 1.18. The largest absolute Gasteiger partial charge is 1.00 e. The number of halogens is 4. The van der Waals surface area contributed by atoms with Gasteiger partial charge in [-0.2, -0.15) is 35.4 Å². The summed E-state index contributed by atoms with van der Waals surface area (Å²) in [6.45, 7) is 8.82. The number of rotatable bonds is 2. The van der Waals surface area contributed by atoms with Gasteiger partial charge < -0.3 is 49.6 Å². The summed E-state index contributed by atoms with van der Waals surface area (Å²) in [7, 11) is 0. The minimum atomic E-state index is 0. The van der Waals surface area contributed by atoms with Crippen LogP contribution in [0, 0.1) is 6.07 Å². The SMILES string of the molecule is CC(C)c1[c-]c(C(C)C)ccc1.[Cl-].[Cl-].[Cl-].[Cl-].[W]. The molecule has 5 heteroatoms. The molecule has 0 nitrogen and oxygen atoms in total. The Morgan fingerprint density at radius 1 is 0.765 bits per heavy atom. The van der Waals surface area contributed by atoms with Crippen molar-refractivity contribution in [3.05, 3.63) is 35.4 Å². The third kappa shape index (κ3) is 10.7. The smallest absolute Gasteiger partial charge is 0 e. The van der Waals surface area contributed by atoms with E-state index in [2.05, 4.69) is 52.0 Å². The van der Waals surface area contributed by atoms with Crippen LogP contribution in [0.1, 0.15) is 50.7 Å². The van der Waals surface area contributed by atoms with E-state index in [4.69, 9.17) is 0 Å². The van der Waals surface area contributed by atoms with E-state index in [0.717, 1.165) is 0 Å². The van der Waals surface area contributed by atoms with E-state index < -0.39 is 0 Å². The first kappa shape index (κ1) is 30.8. The van der Waals surface area contributed by atoms with Crippen LogP contribution in [0.25, 0.3) is 0 Å². The van der Waals surface area contributed by atoms with Crippen molar-refractivity contribution in [1.82, 2.24) is 0 Å². The average Bonchev–Trinajstić information content (AvgIpc) is 2.04. The summed E-state index contributed by atoms with van der Waals surface area (Å²) < 4.78 is 0. The van der Waals surface area contributed by atoms with Gasteiger partial charge in [0.2, 0.25) is 0 Å². The van der Waals surface area contributed by atoms with Gasteiger partial charge in [0.25, 0.3) is 0 Å². The summed E-state index contributed by atoms with van der Waals surface area (Å²) in [6.07, 6.45) is 0. The van der Waals surface area contributed by atoms with E-state index in [1.807, 2.05) is 0 Å². The van der Waals surface area contributed by atoms with E-state index >= 15 is 0 Å². The van der Waals surface area contributed by atoms with Crippen molar-refractivity contribution in [2.75, 3.05) is 0 Å². The topological polar surface area (TPSA) is 0 Å². The maximum atomic E-state index is 3.44. The monoisotopic (exact) mass is 485 g/mol. The van der Waals surface area contributed by atoms with Gasteiger partial charge >= 0.3 is 0 Å². The molecule has 0 radical (unpaired) electrons. The fourth-order valence-corrected chi connectivity index (χ4v) is 1.18. The van der Waals surface area contributed by atoms with Gasteiger partial charge in [-0.1, -0.05) is 27.7 Å². The predicted molar refractivity (Wildman–Crippen MR) is 53.5 cm³/mol. The molecule has 1 aromatic rings. The second-order valence-electron chi connectivity index (χ2n) is 3.87. The number of benzene rings is 1. The third-order valence-corrected chi connectivity index (χ3v) is 2.08. The van der Waals surface area contributed by atoms with Crippen LogP contribution in [0.5, 0.6) is 0 Å². The van der Waals surface area contributed by atoms with Crippen molar-refractivity contribution >= 4 is 0 Å². The molecule has 0 aliphatic heterocycles. The van der Waals surface area contributed by atoms with Crippen LogP contribution in [-0.4, -0.2) is 0 Å². The Morgan fingerprint density at radius 3 is 1.29 bits per heavy atom. The minimum Gasteiger partial charge on any atom is -1.00 e. The average molecular weight is 487 g/mol. The molecule has 0 fully saturated rings. The molecule has 0 saturated carbocycles. The second-order valence-corrected chi connectivity index (χ2v) is 3.87. The van der Waals surface area contributed by atoms with Crippen LogP contribution in [0.15, 0.2) is 18.2 Å². The van der Waals surface area contributed by atoms with Crippen LogP contribution in [-0.2, 0) is 21.1 Å². The van der Waals surface area contributed by atoms with Crippen molar-refractivity contribution in [1.29, 1.82) is 0 Å². The molecule has 104 valence electrons. The minimum absolute atomic E-state index is 0. The van der Waals surface area contributed by atoms with Crippen molar-refractivity contribution in [2.45, 2.75) is 39.5 Å². The molecule has 0 amide bonds. The first-order valence-electron chi connectivity index (χ1n) is 4.63. The maximum Gasteiger partial charge on any atom is 0 e. The van der Waals surface area contributed by atoms with E-state index in [1.165, 1.54) is 11.1 Å². The molecule has 1 aromatic carbocycles. The third-order valence-electron chi connectivity index (χ3n) is 2.08. The molecule has 17 heavy (non-hydrogen) atoms. The molecule has 0 atom stereocenters. The predicted octanol–water partition coefficient (Wildman–Crippen LogP) is -8.25. The molecule has 0 aromatic heterocycles. The van der Waals surface area contributed by atoms with Gasteiger partial charge in [-0.25, -0.2) is 0 Å². The molecule has 0 aliphatic carbocycles. The maximum absolute atomic E-state index is 3.44. The fraction of sp³-hybridized carbons (Fsp3) is 0.500. The summed E-state index contributed by atoms with van der Waals surface area (Å²) in [6, 6.07) is 9.87. The quantitative estimate of drug-likeness (QED) is 0.364. The Labute approximate surface area is 145 Å². The molecular weight excluding hydrogens is 470 g/mol. The first-order valence-corrected chi connectivity index (χ1v) is 4.63. The van der Waals surface area contributed by atoms with E-state index in [9.17, 15) is 0 Å². The van der Waals surface area contributed by atoms with E-state index in [-0.39, 0.29) is 70.7 Å². The van der Waals surface area contributed by atoms with Gasteiger partial charge in [-0.15, -0.1) is 0 Å². The van der Waals surface area contributed by atoms with Gasteiger partial charge in [0, 0.05) is 21.1 Å². The van der Waals surface area contributed by atoms with Gasteiger partial charge in [0.15, 0.2) is 0 Å². The van der Waals surface area contributed by atoms with Gasteiger partial charge in [-0.05, 0) is 11.8 Å². The first-order chi connectivity index (χ1) is 5.61. The molecule has 1 rings (SSSR count). The van der Waals surface area contributed by atoms with Crippen molar-refractivity contribution in [3.63, 3.8) is 0 Å². The van der Waals surface area contributed by atoms with Crippen molar-refractivity contribution < 1.29 is 70.7 Å². The standard InChI is InChI=1S/C12H17.4ClH.W/c1-9(2)11-6-5-7-12(8-11)10(3)4;;;;;/h5-7,9-10H,1-4H3;4*1H;/q-1;;;;;/p-4. The summed E-state index contributed by atoms with van der Waals surface area (Å²) in [5, 5.41) is 0. The van der Waals surface area contributed by atoms with Crippen molar-refractivity contribution in [2.24, 2.45) is 0 Å². The van der Waals surface area contributed by atoms with Crippen molar-refractivity contribution in [3.8, 4) is 0 Å². The molecular formula is C12H17Cl4W-5. The molecule has 0 saturated heterocycles. The van der Waals surface area contributed by atoms with Gasteiger partial charge in [0.1, 0.15) is 0 Å². The summed E-state index contributed by atoms with van der Waals surface area (Å²) in [4.78, 5) is 0. The number of hydrogen-bond acceptors (Lipinski definition) is 0. The van der Waals surface area contributed by atoms with Gasteiger partial charge in [-0.3, -0.25) is 0 Å². The molecule has 0 N–H and O–H groups in total. The summed E-state index contributed by atoms with van der Waals surface area (Å²) >= 11 is 0. The second kappa shape index (κ2) is 15.1. The Morgan fingerprint density at radius 2 is 1.06 bits per heavy atom. The summed E-state index contributed by atoms with van der Waals surface area (Å²) in [5.41, 5.74) is 2.64. The summed E-state index contributed by atoms with van der Waals surface area (Å²) in [5.74, 6) is 1.17. The number of hydrogen-bond donors (Lipinski definition) is 0. The Bertz CT molecular complexity index is 241. The van der Waals surface area contributed by atoms with Crippen LogP contribution < -0.4 is 49.6 Å².